The van der Waals surface area contributed by atoms with Crippen LogP contribution in [0.25, 0.3) is 0 Å². The van der Waals surface area contributed by atoms with Crippen LogP contribution in [-0.4, -0.2) is 19.6 Å². The van der Waals surface area contributed by atoms with Gasteiger partial charge in [-0.25, -0.2) is 0 Å². The minimum atomic E-state index is -2.17. The largest absolute Gasteiger partial charge is 1.00 e. The molecule has 2 aromatic heterocycles. The van der Waals surface area contributed by atoms with E-state index in [1.54, 1.807) is 18.7 Å². The van der Waals surface area contributed by atoms with E-state index in [4.69, 9.17) is 0 Å². The predicted octanol–water partition coefficient (Wildman–Crippen LogP) is -1.87. The molecular weight excluding hydrogens is 247 g/mol. The summed E-state index contributed by atoms with van der Waals surface area (Å²) in [5, 5.41) is 7.94. The number of rotatable bonds is 1. The van der Waals surface area contributed by atoms with Gasteiger partial charge < -0.3 is 8.42 Å². The fraction of sp³-hybridized carbons (Fsp3) is 0.400. The van der Waals surface area contributed by atoms with Gasteiger partial charge in [0.25, 0.3) is 0 Å². The molecule has 6 nitrogen and oxygen atoms in total. The number of aryl methyl sites for hydroxylation is 4. The average molecular weight is 262 g/mol. The van der Waals surface area contributed by atoms with Gasteiger partial charge in [0.2, 0.25) is 0 Å². The van der Waals surface area contributed by atoms with Crippen LogP contribution in [0.1, 0.15) is 11.1 Å². The van der Waals surface area contributed by atoms with Crippen molar-refractivity contribution in [2.45, 2.75) is 18.9 Å². The molecule has 8 heteroatoms. The molecule has 94 valence electrons. The maximum atomic E-state index is 10.4. The van der Waals surface area contributed by atoms with Gasteiger partial charge in [0.1, 0.15) is 0 Å². The Balaban J connectivity index is 0.000000321. The van der Waals surface area contributed by atoms with Crippen molar-refractivity contribution in [2.75, 3.05) is 0 Å². The maximum absolute atomic E-state index is 10.4. The van der Waals surface area contributed by atoms with Crippen molar-refractivity contribution < 1.29 is 27.3 Å². The van der Waals surface area contributed by atoms with Crippen LogP contribution in [0.4, 0.5) is 0 Å². The van der Waals surface area contributed by atoms with E-state index in [-0.39, 0.29) is 23.9 Å². The van der Waals surface area contributed by atoms with Crippen LogP contribution < -0.4 is 18.9 Å². The average Bonchev–Trinajstić information content (AvgIpc) is 2.74. The van der Waals surface area contributed by atoms with Gasteiger partial charge in [-0.2, -0.15) is 10.2 Å². The first-order valence-electron chi connectivity index (χ1n) is 4.95. The molecule has 0 saturated carbocycles. The minimum Gasteiger partial charge on any atom is -0.418 e. The van der Waals surface area contributed by atoms with Crippen molar-refractivity contribution in [2.24, 2.45) is 14.1 Å². The molecule has 0 saturated heterocycles. The normalized spacial score (nSPS) is 9.61. The molecule has 2 heterocycles. The van der Waals surface area contributed by atoms with E-state index >= 15 is 0 Å². The molecule has 0 aliphatic carbocycles. The van der Waals surface area contributed by atoms with Crippen molar-refractivity contribution in [3.63, 3.8) is 0 Å². The Morgan fingerprint density at radius 3 is 1.89 bits per heavy atom. The Bertz CT molecular complexity index is 530. The first-order chi connectivity index (χ1) is 7.91. The second-order valence-electron chi connectivity index (χ2n) is 3.68. The van der Waals surface area contributed by atoms with Crippen LogP contribution in [0.5, 0.6) is 0 Å². The topological polar surface area (TPSA) is 69.8 Å². The van der Waals surface area contributed by atoms with Gasteiger partial charge in [-0.15, -0.1) is 0 Å². The summed E-state index contributed by atoms with van der Waals surface area (Å²) in [6, 6.07) is 0. The third-order valence-corrected chi connectivity index (χ3v) is 2.95. The molecule has 0 radical (unpaired) electrons. The fourth-order valence-corrected chi connectivity index (χ4v) is 1.90. The Morgan fingerprint density at radius 2 is 1.72 bits per heavy atom. The van der Waals surface area contributed by atoms with E-state index in [1.807, 2.05) is 26.4 Å². The third-order valence-electron chi connectivity index (χ3n) is 2.05. The summed E-state index contributed by atoms with van der Waals surface area (Å²) in [6.45, 7) is 3.73. The maximum Gasteiger partial charge on any atom is 1.00 e. The van der Waals surface area contributed by atoms with Gasteiger partial charge in [-0.1, -0.05) is 0 Å². The Morgan fingerprint density at radius 1 is 1.11 bits per heavy atom. The van der Waals surface area contributed by atoms with Gasteiger partial charge in [-0.3, -0.25) is 9.36 Å². The van der Waals surface area contributed by atoms with Crippen LogP contribution in [0, 0.1) is 13.8 Å². The smallest absolute Gasteiger partial charge is 0.418 e. The summed E-state index contributed by atoms with van der Waals surface area (Å²) in [4.78, 5) is 0. The summed E-state index contributed by atoms with van der Waals surface area (Å²) in [5.41, 5.74) is 1.89. The van der Waals surface area contributed by atoms with Crippen molar-refractivity contribution in [1.29, 1.82) is 0 Å². The third kappa shape index (κ3) is 4.68. The zero-order chi connectivity index (χ0) is 13.0. The quantitative estimate of drug-likeness (QED) is 0.446. The Hall–Kier alpha value is -1.03. The van der Waals surface area contributed by atoms with Crippen LogP contribution in [0.3, 0.4) is 0 Å². The van der Waals surface area contributed by atoms with Gasteiger partial charge in [-0.05, 0) is 35.7 Å². The molecule has 0 aliphatic heterocycles. The Kier molecular flexibility index (Phi) is 6.99. The molecule has 0 aliphatic rings. The van der Waals surface area contributed by atoms with Crippen molar-refractivity contribution in [1.82, 2.24) is 19.6 Å². The van der Waals surface area contributed by atoms with Gasteiger partial charge in [0.05, 0.1) is 12.4 Å². The van der Waals surface area contributed by atoms with E-state index in [9.17, 15) is 8.42 Å². The van der Waals surface area contributed by atoms with E-state index in [0.29, 0.717) is 5.56 Å². The zero-order valence-electron chi connectivity index (χ0n) is 11.2. The molecule has 2 rings (SSSR count). The summed E-state index contributed by atoms with van der Waals surface area (Å²) < 4.78 is 24.0. The van der Waals surface area contributed by atoms with Crippen LogP contribution >= 0.6 is 0 Å². The standard InChI is InChI=1S/C5H7N2O2S.C5H8N2.Li/c1-4-3-6-7(2)5(4)10(8)9;1-5-3-6-7(2)4-5;/h3H,1-2H3;3-4H,1-2H3;/q-1;;+1. The number of aromatic nitrogens is 4. The molecule has 0 bridgehead atoms. The molecule has 0 aromatic carbocycles. The monoisotopic (exact) mass is 262 g/mol. The molecule has 0 unspecified atom stereocenters. The van der Waals surface area contributed by atoms with E-state index in [0.717, 1.165) is 0 Å². The zero-order valence-corrected chi connectivity index (χ0v) is 12.1. The van der Waals surface area contributed by atoms with Gasteiger partial charge in [0, 0.05) is 25.3 Å². The number of nitrogens with zero attached hydrogens (tertiary/aromatic N) is 4. The molecule has 0 fully saturated rings. The molecule has 0 atom stereocenters. The first-order valence-corrected chi connectivity index (χ1v) is 6.02. The molecule has 0 N–H and O–H groups in total. The molecule has 2 aromatic rings. The van der Waals surface area contributed by atoms with Gasteiger partial charge in [0.15, 0.2) is 0 Å². The van der Waals surface area contributed by atoms with Crippen LogP contribution in [0.15, 0.2) is 23.6 Å². The summed E-state index contributed by atoms with van der Waals surface area (Å²) in [7, 11) is 1.33. The van der Waals surface area contributed by atoms with Crippen molar-refractivity contribution in [3.05, 3.63) is 29.7 Å². The summed E-state index contributed by atoms with van der Waals surface area (Å²) >= 11 is 0. The molecule has 18 heavy (non-hydrogen) atoms. The van der Waals surface area contributed by atoms with E-state index in [2.05, 4.69) is 10.2 Å². The molecule has 0 spiro atoms. The number of hydrogen-bond donors (Lipinski definition) is 0. The van der Waals surface area contributed by atoms with Crippen molar-refractivity contribution in [3.8, 4) is 0 Å². The Labute approximate surface area is 120 Å². The van der Waals surface area contributed by atoms with E-state index < -0.39 is 10.7 Å². The van der Waals surface area contributed by atoms with Crippen LogP contribution in [0.2, 0.25) is 0 Å². The van der Waals surface area contributed by atoms with Crippen molar-refractivity contribution >= 4 is 10.7 Å². The fourth-order valence-electron chi connectivity index (χ4n) is 1.32. The second kappa shape index (κ2) is 7.41. The second-order valence-corrected chi connectivity index (χ2v) is 4.54. The summed E-state index contributed by atoms with van der Waals surface area (Å²) in [6.07, 6.45) is 5.32. The number of hydrogen-bond acceptors (Lipinski definition) is 5. The van der Waals surface area contributed by atoms with Gasteiger partial charge >= 0.3 is 18.9 Å². The molecular formula is C10H15LiN4O2S. The van der Waals surface area contributed by atoms with Crippen LogP contribution in [-0.2, 0) is 33.2 Å². The first kappa shape index (κ1) is 17.0. The minimum absolute atomic E-state index is 0. The van der Waals surface area contributed by atoms with E-state index in [1.165, 1.54) is 16.4 Å². The predicted molar refractivity (Wildman–Crippen MR) is 62.9 cm³/mol. The molecule has 0 amide bonds. The SMILES string of the molecule is Cc1cnn(C)c1.Cc1cnn(C)c1[S-](=O)=O.[Li+]. The summed E-state index contributed by atoms with van der Waals surface area (Å²) in [5.74, 6) is 0.